The molecule has 0 radical (unpaired) electrons. The topological polar surface area (TPSA) is 78.5 Å². The fourth-order valence-electron chi connectivity index (χ4n) is 5.18. The molecule has 198 valence electrons. The molecule has 1 aliphatic carbocycles. The van der Waals surface area contributed by atoms with E-state index < -0.39 is 0 Å². The highest BCUT2D eigenvalue weighted by Crippen LogP contribution is 2.48. The van der Waals surface area contributed by atoms with Crippen LogP contribution in [0.5, 0.6) is 28.7 Å². The van der Waals surface area contributed by atoms with Crippen LogP contribution in [0, 0.1) is 0 Å². The lowest BCUT2D eigenvalue weighted by atomic mass is 9.99. The molecule has 2 aliphatic rings. The quantitative estimate of drug-likeness (QED) is 0.542. The van der Waals surface area contributed by atoms with Gasteiger partial charge in [-0.15, -0.1) is 0 Å². The third-order valence-electron chi connectivity index (χ3n) is 7.09. The van der Waals surface area contributed by atoms with Crippen LogP contribution in [-0.4, -0.2) is 72.5 Å². The molecule has 0 saturated carbocycles. The van der Waals surface area contributed by atoms with E-state index in [-0.39, 0.29) is 18.4 Å². The number of rotatable bonds is 9. The average molecular weight is 509 g/mol. The van der Waals surface area contributed by atoms with Crippen molar-refractivity contribution >= 4 is 23.1 Å². The number of carbonyl (C=O) groups excluding carboxylic acids is 1. The monoisotopic (exact) mass is 508 g/mol. The molecule has 37 heavy (non-hydrogen) atoms. The van der Waals surface area contributed by atoms with Crippen molar-refractivity contribution in [3.63, 3.8) is 0 Å². The van der Waals surface area contributed by atoms with Crippen LogP contribution < -0.4 is 29.0 Å². The molecule has 1 amide bonds. The van der Waals surface area contributed by atoms with Gasteiger partial charge in [0, 0.05) is 12.6 Å². The van der Waals surface area contributed by atoms with Gasteiger partial charge in [0.15, 0.2) is 23.0 Å². The minimum absolute atomic E-state index is 0.0180. The molecule has 1 atom stereocenters. The third-order valence-corrected chi connectivity index (χ3v) is 7.09. The molecule has 1 aliphatic heterocycles. The van der Waals surface area contributed by atoms with E-state index in [0.717, 1.165) is 52.9 Å². The predicted octanol–water partition coefficient (Wildman–Crippen LogP) is 4.27. The van der Waals surface area contributed by atoms with E-state index in [1.807, 2.05) is 24.3 Å². The molecular formula is C29H36N2O6. The van der Waals surface area contributed by atoms with Gasteiger partial charge in [-0.05, 0) is 90.7 Å². The number of nitrogens with zero attached hydrogens (tertiary/aromatic N) is 1. The molecule has 2 aromatic rings. The van der Waals surface area contributed by atoms with Gasteiger partial charge in [-0.25, -0.2) is 0 Å². The molecule has 8 heteroatoms. The van der Waals surface area contributed by atoms with Crippen molar-refractivity contribution in [2.45, 2.75) is 25.8 Å². The number of carbonyl (C=O) groups is 1. The van der Waals surface area contributed by atoms with Gasteiger partial charge >= 0.3 is 0 Å². The van der Waals surface area contributed by atoms with Gasteiger partial charge in [0.2, 0.25) is 11.7 Å². The van der Waals surface area contributed by atoms with Crippen LogP contribution in [0.1, 0.15) is 36.5 Å². The molecule has 0 bridgehead atoms. The largest absolute Gasteiger partial charge is 0.493 e. The van der Waals surface area contributed by atoms with E-state index in [1.165, 1.54) is 0 Å². The van der Waals surface area contributed by atoms with Gasteiger partial charge < -0.3 is 33.9 Å². The van der Waals surface area contributed by atoms with Crippen molar-refractivity contribution in [2.75, 3.05) is 55.7 Å². The summed E-state index contributed by atoms with van der Waals surface area (Å²) in [4.78, 5) is 15.3. The fraction of sp³-hybridized carbons (Fsp3) is 0.414. The Kier molecular flexibility index (Phi) is 7.97. The number of hydrogen-bond donors (Lipinski definition) is 1. The first kappa shape index (κ1) is 26.4. The maximum atomic E-state index is 13.1. The molecule has 8 nitrogen and oxygen atoms in total. The first-order valence-electron chi connectivity index (χ1n) is 12.3. The fourth-order valence-corrected chi connectivity index (χ4v) is 5.18. The summed E-state index contributed by atoms with van der Waals surface area (Å²) in [6.45, 7) is 3.92. The number of nitrogens with one attached hydrogen (secondary N) is 1. The maximum Gasteiger partial charge on any atom is 0.224 e. The van der Waals surface area contributed by atoms with Crippen molar-refractivity contribution in [2.24, 2.45) is 0 Å². The molecule has 1 heterocycles. The number of methoxy groups -OCH3 is 5. The standard InChI is InChI=1S/C29H36N2O6/c1-17-20(10-18-11-26(35-5)29(37-7)27(12-18)36-6)22-13-24(33-3)25(34-4)14-23(22)21(17)15-28(32)30-19-8-9-31(2)16-19/h10-14,19H,8-9,15-16H2,1-7H3,(H,30,32)/b20-10-. The number of likely N-dealkylation sites (tertiary alicyclic amines) is 1. The Morgan fingerprint density at radius 3 is 2.03 bits per heavy atom. The number of ether oxygens (including phenoxy) is 5. The average Bonchev–Trinajstić information content (AvgIpc) is 3.42. The van der Waals surface area contributed by atoms with E-state index in [4.69, 9.17) is 23.7 Å². The molecule has 1 N–H and O–H groups in total. The predicted molar refractivity (Wildman–Crippen MR) is 145 cm³/mol. The summed E-state index contributed by atoms with van der Waals surface area (Å²) in [5, 5.41) is 3.21. The zero-order chi connectivity index (χ0) is 26.7. The second-order valence-electron chi connectivity index (χ2n) is 9.37. The summed E-state index contributed by atoms with van der Waals surface area (Å²) in [5.41, 5.74) is 5.81. The summed E-state index contributed by atoms with van der Waals surface area (Å²) in [6.07, 6.45) is 3.32. The van der Waals surface area contributed by atoms with Gasteiger partial charge in [-0.1, -0.05) is 0 Å². The lowest BCUT2D eigenvalue weighted by Crippen LogP contribution is -2.36. The van der Waals surface area contributed by atoms with Gasteiger partial charge in [0.05, 0.1) is 42.0 Å². The van der Waals surface area contributed by atoms with Crippen molar-refractivity contribution in [3.05, 3.63) is 46.5 Å². The summed E-state index contributed by atoms with van der Waals surface area (Å²) >= 11 is 0. The minimum Gasteiger partial charge on any atom is -0.493 e. The molecule has 0 spiro atoms. The highest BCUT2D eigenvalue weighted by atomic mass is 16.5. The lowest BCUT2D eigenvalue weighted by molar-refractivity contribution is -0.120. The number of benzene rings is 2. The zero-order valence-corrected chi connectivity index (χ0v) is 22.7. The third kappa shape index (κ3) is 5.25. The van der Waals surface area contributed by atoms with Crippen LogP contribution >= 0.6 is 0 Å². The lowest BCUT2D eigenvalue weighted by Gasteiger charge is -2.15. The van der Waals surface area contributed by atoms with Crippen LogP contribution in [0.15, 0.2) is 29.8 Å². The van der Waals surface area contributed by atoms with Crippen molar-refractivity contribution in [1.82, 2.24) is 10.2 Å². The molecule has 1 saturated heterocycles. The maximum absolute atomic E-state index is 13.1. The van der Waals surface area contributed by atoms with E-state index in [9.17, 15) is 4.79 Å². The Hall–Kier alpha value is -3.65. The van der Waals surface area contributed by atoms with E-state index in [0.29, 0.717) is 28.7 Å². The second kappa shape index (κ2) is 11.2. The summed E-state index contributed by atoms with van der Waals surface area (Å²) in [5.74, 6) is 2.95. The normalized spacial score (nSPS) is 18.1. The Balaban J connectivity index is 1.79. The summed E-state index contributed by atoms with van der Waals surface area (Å²) < 4.78 is 27.8. The van der Waals surface area contributed by atoms with Gasteiger partial charge in [-0.3, -0.25) is 4.79 Å². The Morgan fingerprint density at radius 1 is 0.919 bits per heavy atom. The zero-order valence-electron chi connectivity index (χ0n) is 22.7. The van der Waals surface area contributed by atoms with E-state index in [1.54, 1.807) is 35.5 Å². The van der Waals surface area contributed by atoms with Crippen molar-refractivity contribution in [3.8, 4) is 28.7 Å². The van der Waals surface area contributed by atoms with Crippen LogP contribution in [0.2, 0.25) is 0 Å². The van der Waals surface area contributed by atoms with Crippen molar-refractivity contribution < 1.29 is 28.5 Å². The number of fused-ring (bicyclic) bond motifs is 1. The SMILES string of the molecule is COc1cc2c(cc1OC)/C(=C\c1cc(OC)c(OC)c(OC)c1)C(C)=C2CC(=O)NC1CCN(C)C1. The molecular weight excluding hydrogens is 472 g/mol. The highest BCUT2D eigenvalue weighted by Gasteiger charge is 2.29. The highest BCUT2D eigenvalue weighted by molar-refractivity contribution is 6.08. The van der Waals surface area contributed by atoms with E-state index in [2.05, 4.69) is 30.3 Å². The van der Waals surface area contributed by atoms with Crippen LogP contribution in [0.25, 0.3) is 17.2 Å². The van der Waals surface area contributed by atoms with Crippen LogP contribution in [0.4, 0.5) is 0 Å². The molecule has 2 aromatic carbocycles. The van der Waals surface area contributed by atoms with Gasteiger partial charge in [-0.2, -0.15) is 0 Å². The summed E-state index contributed by atoms with van der Waals surface area (Å²) in [6, 6.07) is 7.92. The molecule has 1 unspecified atom stereocenters. The van der Waals surface area contributed by atoms with E-state index >= 15 is 0 Å². The number of allylic oxidation sites excluding steroid dienone is 2. The minimum atomic E-state index is 0.0180. The Bertz CT molecular complexity index is 1220. The molecule has 1 fully saturated rings. The smallest absolute Gasteiger partial charge is 0.224 e. The van der Waals surface area contributed by atoms with Crippen molar-refractivity contribution in [1.29, 1.82) is 0 Å². The van der Waals surface area contributed by atoms with Crippen LogP contribution in [0.3, 0.4) is 0 Å². The first-order chi connectivity index (χ1) is 17.8. The van der Waals surface area contributed by atoms with Gasteiger partial charge in [0.25, 0.3) is 0 Å². The summed E-state index contributed by atoms with van der Waals surface area (Å²) in [7, 11) is 10.1. The number of amides is 1. The second-order valence-corrected chi connectivity index (χ2v) is 9.37. The number of likely N-dealkylation sites (N-methyl/N-ethyl adjacent to an activating group) is 1. The first-order valence-corrected chi connectivity index (χ1v) is 12.3. The van der Waals surface area contributed by atoms with Crippen LogP contribution in [-0.2, 0) is 4.79 Å². The molecule has 0 aromatic heterocycles. The Labute approximate surface area is 218 Å². The number of hydrogen-bond acceptors (Lipinski definition) is 7. The molecule has 4 rings (SSSR count). The Morgan fingerprint density at radius 2 is 1.51 bits per heavy atom. The van der Waals surface area contributed by atoms with Gasteiger partial charge in [0.1, 0.15) is 0 Å².